The second-order valence-corrected chi connectivity index (χ2v) is 9.88. The zero-order valence-corrected chi connectivity index (χ0v) is 23.3. The van der Waals surface area contributed by atoms with E-state index in [2.05, 4.69) is 34.0 Å². The smallest absolute Gasteiger partial charge is 0.416 e. The summed E-state index contributed by atoms with van der Waals surface area (Å²) in [6, 6.07) is 11.9. The van der Waals surface area contributed by atoms with Crippen molar-refractivity contribution >= 4 is 30.0 Å². The summed E-state index contributed by atoms with van der Waals surface area (Å²) in [5.41, 5.74) is 0.616. The average Bonchev–Trinajstić information content (AvgIpc) is 2.96. The molecule has 0 spiro atoms. The Balaban J connectivity index is 0.00000155. The normalized spacial score (nSPS) is 14.4. The zero-order valence-electron chi connectivity index (χ0n) is 23.3. The van der Waals surface area contributed by atoms with Crippen LogP contribution in [0.1, 0.15) is 43.5 Å². The lowest BCUT2D eigenvalue weighted by Gasteiger charge is -2.39. The lowest BCUT2D eigenvalue weighted by Crippen LogP contribution is -2.48. The third-order valence-electron chi connectivity index (χ3n) is 6.78. The summed E-state index contributed by atoms with van der Waals surface area (Å²) < 4.78 is 52.7. The minimum atomic E-state index is -4.42. The molecule has 42 heavy (non-hydrogen) atoms. The summed E-state index contributed by atoms with van der Waals surface area (Å²) in [5, 5.41) is 9.83. The highest BCUT2D eigenvalue weighted by Crippen LogP contribution is 2.29. The van der Waals surface area contributed by atoms with Crippen LogP contribution in [0.4, 0.5) is 29.1 Å². The predicted octanol–water partition coefficient (Wildman–Crippen LogP) is 5.99. The second-order valence-electron chi connectivity index (χ2n) is 9.88. The quantitative estimate of drug-likeness (QED) is 0.190. The number of aromatic nitrogens is 2. The Morgan fingerprint density at radius 2 is 1.81 bits per heavy atom. The summed E-state index contributed by atoms with van der Waals surface area (Å²) in [4.78, 5) is 34.2. The molecule has 1 aliphatic rings. The summed E-state index contributed by atoms with van der Waals surface area (Å²) in [6.45, 7) is 5.97. The molecule has 0 atom stereocenters. The van der Waals surface area contributed by atoms with Gasteiger partial charge in [-0.3, -0.25) is 14.6 Å². The molecule has 8 nitrogen and oxygen atoms in total. The van der Waals surface area contributed by atoms with Gasteiger partial charge in [0, 0.05) is 37.4 Å². The van der Waals surface area contributed by atoms with Gasteiger partial charge in [0.1, 0.15) is 5.82 Å². The van der Waals surface area contributed by atoms with Gasteiger partial charge in [0.05, 0.1) is 29.7 Å². The van der Waals surface area contributed by atoms with E-state index in [1.165, 1.54) is 36.5 Å². The SMILES string of the molecule is CC(C)N1CCC(N(Cc2cccc(Nc3ccncc3F)n2)C(=O)/C=C/c2ccc(C(F)(F)F)cc2)CC1.O=CO. The third-order valence-corrected chi connectivity index (χ3v) is 6.78. The molecule has 0 radical (unpaired) electrons. The zero-order chi connectivity index (χ0) is 30.7. The van der Waals surface area contributed by atoms with Crippen molar-refractivity contribution in [1.29, 1.82) is 0 Å². The number of carbonyl (C=O) groups is 2. The van der Waals surface area contributed by atoms with Gasteiger partial charge in [-0.1, -0.05) is 18.2 Å². The van der Waals surface area contributed by atoms with E-state index in [1.54, 1.807) is 23.1 Å². The summed E-state index contributed by atoms with van der Waals surface area (Å²) in [5.74, 6) is -0.329. The minimum absolute atomic E-state index is 0.0270. The fraction of sp³-hybridized carbons (Fsp3) is 0.333. The number of carbonyl (C=O) groups excluding carboxylic acids is 1. The van der Waals surface area contributed by atoms with Crippen LogP contribution in [0, 0.1) is 5.82 Å². The minimum Gasteiger partial charge on any atom is -0.483 e. The number of nitrogens with zero attached hydrogens (tertiary/aromatic N) is 4. The van der Waals surface area contributed by atoms with Crippen LogP contribution in [0.15, 0.2) is 67.0 Å². The first-order chi connectivity index (χ1) is 20.0. The van der Waals surface area contributed by atoms with Gasteiger partial charge in [-0.2, -0.15) is 13.2 Å². The first-order valence-electron chi connectivity index (χ1n) is 13.3. The molecular weight excluding hydrogens is 554 g/mol. The molecule has 2 N–H and O–H groups in total. The van der Waals surface area contributed by atoms with Gasteiger partial charge in [-0.05, 0) is 68.7 Å². The number of hydrogen-bond acceptors (Lipinski definition) is 6. The molecule has 0 unspecified atom stereocenters. The van der Waals surface area contributed by atoms with E-state index in [0.29, 0.717) is 23.1 Å². The Labute approximate surface area is 241 Å². The molecule has 3 aromatic rings. The topological polar surface area (TPSA) is 98.7 Å². The van der Waals surface area contributed by atoms with Crippen LogP contribution in [0.5, 0.6) is 0 Å². The Morgan fingerprint density at radius 3 is 2.40 bits per heavy atom. The Bertz CT molecular complexity index is 1340. The van der Waals surface area contributed by atoms with Crippen LogP contribution in [-0.2, 0) is 22.3 Å². The first kappa shape index (κ1) is 32.2. The van der Waals surface area contributed by atoms with Crippen LogP contribution in [0.2, 0.25) is 0 Å². The maximum atomic E-state index is 14.1. The number of nitrogens with one attached hydrogen (secondary N) is 1. The van der Waals surface area contributed by atoms with E-state index in [4.69, 9.17) is 9.90 Å². The van der Waals surface area contributed by atoms with E-state index in [-0.39, 0.29) is 30.7 Å². The number of pyridine rings is 2. The molecule has 1 aromatic carbocycles. The number of benzene rings is 1. The van der Waals surface area contributed by atoms with Crippen molar-refractivity contribution in [2.45, 2.75) is 51.5 Å². The molecule has 1 aliphatic heterocycles. The molecular formula is C30H33F4N5O3. The number of carboxylic acid groups (broad SMARTS) is 1. The van der Waals surface area contributed by atoms with E-state index in [0.717, 1.165) is 44.3 Å². The fourth-order valence-electron chi connectivity index (χ4n) is 4.57. The van der Waals surface area contributed by atoms with Gasteiger partial charge in [-0.15, -0.1) is 0 Å². The van der Waals surface area contributed by atoms with Crippen molar-refractivity contribution in [2.75, 3.05) is 18.4 Å². The maximum absolute atomic E-state index is 14.1. The van der Waals surface area contributed by atoms with Crippen LogP contribution < -0.4 is 5.32 Å². The number of amides is 1. The van der Waals surface area contributed by atoms with Gasteiger partial charge in [0.2, 0.25) is 5.91 Å². The number of halogens is 4. The molecule has 0 saturated carbocycles. The number of hydrogen-bond donors (Lipinski definition) is 2. The molecule has 12 heteroatoms. The standard InChI is InChI=1S/C29H31F4N5O.CH2O2/c1-20(2)37-16-13-24(14-17-37)38(28(39)11-8-21-6-9-22(10-7-21)29(31,32)33)19-23-4-3-5-27(35-23)36-26-12-15-34-18-25(26)30;2-1-3/h3-12,15,18,20,24H,13-14,16-17,19H2,1-2H3,(H,34,35,36);1H,(H,2,3)/b11-8+;. The van der Waals surface area contributed by atoms with Crippen molar-refractivity contribution < 1.29 is 32.3 Å². The molecule has 224 valence electrons. The Hall–Kier alpha value is -4.32. The summed E-state index contributed by atoms with van der Waals surface area (Å²) >= 11 is 0. The van der Waals surface area contributed by atoms with Crippen molar-refractivity contribution in [1.82, 2.24) is 19.8 Å². The van der Waals surface area contributed by atoms with Crippen molar-refractivity contribution in [3.8, 4) is 0 Å². The Morgan fingerprint density at radius 1 is 1.14 bits per heavy atom. The van der Waals surface area contributed by atoms with Crippen LogP contribution in [0.25, 0.3) is 6.08 Å². The maximum Gasteiger partial charge on any atom is 0.416 e. The molecule has 0 aliphatic carbocycles. The van der Waals surface area contributed by atoms with Crippen molar-refractivity contribution in [3.05, 3.63) is 89.6 Å². The number of anilines is 2. The highest BCUT2D eigenvalue weighted by atomic mass is 19.4. The molecule has 1 fully saturated rings. The molecule has 1 amide bonds. The van der Waals surface area contributed by atoms with Crippen LogP contribution in [-0.4, -0.2) is 62.4 Å². The molecule has 0 bridgehead atoms. The second kappa shape index (κ2) is 15.1. The molecule has 3 heterocycles. The third kappa shape index (κ3) is 9.37. The van der Waals surface area contributed by atoms with Gasteiger partial charge in [0.15, 0.2) is 5.82 Å². The number of piperidine rings is 1. The van der Waals surface area contributed by atoms with Gasteiger partial charge in [0.25, 0.3) is 6.47 Å². The largest absolute Gasteiger partial charge is 0.483 e. The van der Waals surface area contributed by atoms with Gasteiger partial charge < -0.3 is 20.2 Å². The van der Waals surface area contributed by atoms with Crippen molar-refractivity contribution in [2.24, 2.45) is 0 Å². The average molecular weight is 588 g/mol. The lowest BCUT2D eigenvalue weighted by atomic mass is 10.0. The summed E-state index contributed by atoms with van der Waals surface area (Å²) in [7, 11) is 0. The molecule has 2 aromatic heterocycles. The monoisotopic (exact) mass is 587 g/mol. The van der Waals surface area contributed by atoms with Crippen LogP contribution in [0.3, 0.4) is 0 Å². The van der Waals surface area contributed by atoms with Crippen molar-refractivity contribution in [3.63, 3.8) is 0 Å². The van der Waals surface area contributed by atoms with Gasteiger partial charge in [-0.25, -0.2) is 9.37 Å². The number of likely N-dealkylation sites (tertiary alicyclic amines) is 1. The van der Waals surface area contributed by atoms with E-state index >= 15 is 0 Å². The molecule has 1 saturated heterocycles. The number of alkyl halides is 3. The highest BCUT2D eigenvalue weighted by molar-refractivity contribution is 5.92. The van der Waals surface area contributed by atoms with Gasteiger partial charge >= 0.3 is 6.18 Å². The lowest BCUT2D eigenvalue weighted by molar-refractivity contribution is -0.137. The van der Waals surface area contributed by atoms with E-state index < -0.39 is 17.6 Å². The number of rotatable bonds is 8. The molecule has 4 rings (SSSR count). The predicted molar refractivity (Wildman–Crippen MR) is 151 cm³/mol. The van der Waals surface area contributed by atoms with Crippen LogP contribution >= 0.6 is 0 Å². The van der Waals surface area contributed by atoms with E-state index in [1.807, 2.05) is 0 Å². The fourth-order valence-corrected chi connectivity index (χ4v) is 4.57. The first-order valence-corrected chi connectivity index (χ1v) is 13.3. The van der Waals surface area contributed by atoms with E-state index in [9.17, 15) is 22.4 Å². The summed E-state index contributed by atoms with van der Waals surface area (Å²) in [6.07, 6.45) is 2.67. The Kier molecular flexibility index (Phi) is 11.5. The highest BCUT2D eigenvalue weighted by Gasteiger charge is 2.30.